The van der Waals surface area contributed by atoms with Crippen molar-refractivity contribution in [1.82, 2.24) is 9.80 Å². The molecule has 1 unspecified atom stereocenters. The maximum atomic E-state index is 12.2. The molecule has 1 atom stereocenters. The third-order valence-corrected chi connectivity index (χ3v) is 3.45. The first-order chi connectivity index (χ1) is 9.90. The average Bonchev–Trinajstić information content (AvgIpc) is 2.50. The number of nitrogens with zero attached hydrogens (tertiary/aromatic N) is 2. The van der Waals surface area contributed by atoms with Crippen molar-refractivity contribution in [3.63, 3.8) is 0 Å². The molecule has 0 aliphatic heterocycles. The molecule has 0 aromatic heterocycles. The lowest BCUT2D eigenvalue weighted by Crippen LogP contribution is -2.37. The molecule has 116 valence electrons. The Bertz CT molecular complexity index is 483. The first kappa shape index (κ1) is 17.2. The lowest BCUT2D eigenvalue weighted by molar-refractivity contribution is -0.135. The SMILES string of the molecule is CCN(Cc1ccc(C(=O)N(C)C)cc1)C(=O)C(C)CN. The Morgan fingerprint density at radius 3 is 2.19 bits per heavy atom. The molecule has 1 aromatic carbocycles. The van der Waals surface area contributed by atoms with Crippen molar-refractivity contribution in [3.8, 4) is 0 Å². The number of hydrogen-bond donors (Lipinski definition) is 1. The van der Waals surface area contributed by atoms with Crippen LogP contribution in [0.2, 0.25) is 0 Å². The summed E-state index contributed by atoms with van der Waals surface area (Å²) in [6, 6.07) is 7.37. The normalized spacial score (nSPS) is 11.9. The van der Waals surface area contributed by atoms with E-state index in [9.17, 15) is 9.59 Å². The summed E-state index contributed by atoms with van der Waals surface area (Å²) in [5, 5.41) is 0. The number of nitrogens with two attached hydrogens (primary N) is 1. The smallest absolute Gasteiger partial charge is 0.253 e. The zero-order valence-electron chi connectivity index (χ0n) is 13.3. The van der Waals surface area contributed by atoms with Gasteiger partial charge in [0.2, 0.25) is 5.91 Å². The Morgan fingerprint density at radius 2 is 1.76 bits per heavy atom. The molecule has 0 saturated heterocycles. The van der Waals surface area contributed by atoms with Crippen LogP contribution in [0, 0.1) is 5.92 Å². The van der Waals surface area contributed by atoms with Crippen LogP contribution in [0.5, 0.6) is 0 Å². The Balaban J connectivity index is 2.78. The van der Waals surface area contributed by atoms with Gasteiger partial charge >= 0.3 is 0 Å². The lowest BCUT2D eigenvalue weighted by atomic mass is 10.1. The second kappa shape index (κ2) is 7.78. The molecule has 2 N–H and O–H groups in total. The van der Waals surface area contributed by atoms with E-state index in [4.69, 9.17) is 5.73 Å². The predicted octanol–water partition coefficient (Wildman–Crippen LogP) is 1.33. The van der Waals surface area contributed by atoms with Crippen LogP contribution in [0.1, 0.15) is 29.8 Å². The van der Waals surface area contributed by atoms with Gasteiger partial charge in [0.25, 0.3) is 5.91 Å². The van der Waals surface area contributed by atoms with Crippen LogP contribution >= 0.6 is 0 Å². The van der Waals surface area contributed by atoms with E-state index in [1.165, 1.54) is 0 Å². The van der Waals surface area contributed by atoms with Gasteiger partial charge in [0, 0.05) is 45.2 Å². The van der Waals surface area contributed by atoms with Gasteiger partial charge in [-0.05, 0) is 24.6 Å². The molecule has 21 heavy (non-hydrogen) atoms. The molecule has 0 bridgehead atoms. The van der Waals surface area contributed by atoms with Gasteiger partial charge in [-0.15, -0.1) is 0 Å². The fourth-order valence-electron chi connectivity index (χ4n) is 1.99. The fraction of sp³-hybridized carbons (Fsp3) is 0.500. The second-order valence-electron chi connectivity index (χ2n) is 5.39. The quantitative estimate of drug-likeness (QED) is 0.860. The maximum absolute atomic E-state index is 12.2. The van der Waals surface area contributed by atoms with Crippen LogP contribution < -0.4 is 5.73 Å². The minimum absolute atomic E-state index is 0.0262. The molecule has 0 spiro atoms. The standard InChI is InChI=1S/C16H25N3O2/c1-5-19(15(20)12(2)10-17)11-13-6-8-14(9-7-13)16(21)18(3)4/h6-9,12H,5,10-11,17H2,1-4H3. The molecule has 2 amide bonds. The highest BCUT2D eigenvalue weighted by atomic mass is 16.2. The maximum Gasteiger partial charge on any atom is 0.253 e. The highest BCUT2D eigenvalue weighted by molar-refractivity contribution is 5.93. The van der Waals surface area contributed by atoms with Crippen LogP contribution in [0.4, 0.5) is 0 Å². The summed E-state index contributed by atoms with van der Waals surface area (Å²) >= 11 is 0. The van der Waals surface area contributed by atoms with Gasteiger partial charge in [-0.2, -0.15) is 0 Å². The Labute approximate surface area is 126 Å². The van der Waals surface area contributed by atoms with Crippen molar-refractivity contribution in [3.05, 3.63) is 35.4 Å². The van der Waals surface area contributed by atoms with Crippen LogP contribution in [0.15, 0.2) is 24.3 Å². The van der Waals surface area contributed by atoms with Gasteiger partial charge < -0.3 is 15.5 Å². The summed E-state index contributed by atoms with van der Waals surface area (Å²) in [5.74, 6) is -0.130. The highest BCUT2D eigenvalue weighted by Crippen LogP contribution is 2.11. The van der Waals surface area contributed by atoms with E-state index in [1.54, 1.807) is 36.0 Å². The monoisotopic (exact) mass is 291 g/mol. The van der Waals surface area contributed by atoms with E-state index in [-0.39, 0.29) is 17.7 Å². The highest BCUT2D eigenvalue weighted by Gasteiger charge is 2.18. The van der Waals surface area contributed by atoms with Crippen LogP contribution in [-0.2, 0) is 11.3 Å². The number of rotatable bonds is 6. The van der Waals surface area contributed by atoms with Gasteiger partial charge in [-0.3, -0.25) is 9.59 Å². The lowest BCUT2D eigenvalue weighted by Gasteiger charge is -2.24. The number of carbonyl (C=O) groups is 2. The third-order valence-electron chi connectivity index (χ3n) is 3.45. The number of carbonyl (C=O) groups excluding carboxylic acids is 2. The number of benzene rings is 1. The van der Waals surface area contributed by atoms with E-state index in [2.05, 4.69) is 0 Å². The average molecular weight is 291 g/mol. The molecule has 0 saturated carbocycles. The fourth-order valence-corrected chi connectivity index (χ4v) is 1.99. The Kier molecular flexibility index (Phi) is 6.37. The first-order valence-corrected chi connectivity index (χ1v) is 7.20. The van der Waals surface area contributed by atoms with Crippen molar-refractivity contribution in [1.29, 1.82) is 0 Å². The largest absolute Gasteiger partial charge is 0.345 e. The molecule has 0 aliphatic rings. The van der Waals surface area contributed by atoms with Crippen molar-refractivity contribution >= 4 is 11.8 Å². The summed E-state index contributed by atoms with van der Waals surface area (Å²) in [6.45, 7) is 5.32. The molecule has 0 radical (unpaired) electrons. The summed E-state index contributed by atoms with van der Waals surface area (Å²) in [4.78, 5) is 27.3. The van der Waals surface area contributed by atoms with Crippen LogP contribution in [-0.4, -0.2) is 48.8 Å². The summed E-state index contributed by atoms with van der Waals surface area (Å²) < 4.78 is 0. The summed E-state index contributed by atoms with van der Waals surface area (Å²) in [6.07, 6.45) is 0. The molecule has 5 heteroatoms. The molecule has 1 aromatic rings. The van der Waals surface area contributed by atoms with Gasteiger partial charge in [0.1, 0.15) is 0 Å². The predicted molar refractivity (Wildman–Crippen MR) is 83.8 cm³/mol. The van der Waals surface area contributed by atoms with E-state index in [0.717, 1.165) is 5.56 Å². The topological polar surface area (TPSA) is 66.6 Å². The first-order valence-electron chi connectivity index (χ1n) is 7.20. The number of hydrogen-bond acceptors (Lipinski definition) is 3. The van der Waals surface area contributed by atoms with E-state index in [1.807, 2.05) is 26.0 Å². The minimum Gasteiger partial charge on any atom is -0.345 e. The van der Waals surface area contributed by atoms with E-state index >= 15 is 0 Å². The molecule has 0 heterocycles. The molecular weight excluding hydrogens is 266 g/mol. The van der Waals surface area contributed by atoms with Gasteiger partial charge in [0.15, 0.2) is 0 Å². The summed E-state index contributed by atoms with van der Waals surface area (Å²) in [7, 11) is 3.45. The van der Waals surface area contributed by atoms with E-state index in [0.29, 0.717) is 25.2 Å². The van der Waals surface area contributed by atoms with E-state index < -0.39 is 0 Å². The van der Waals surface area contributed by atoms with Crippen molar-refractivity contribution in [2.24, 2.45) is 11.7 Å². The van der Waals surface area contributed by atoms with Gasteiger partial charge in [0.05, 0.1) is 0 Å². The van der Waals surface area contributed by atoms with Crippen molar-refractivity contribution in [2.45, 2.75) is 20.4 Å². The molecular formula is C16H25N3O2. The molecule has 0 aliphatic carbocycles. The second-order valence-corrected chi connectivity index (χ2v) is 5.39. The van der Waals surface area contributed by atoms with Gasteiger partial charge in [-0.25, -0.2) is 0 Å². The third kappa shape index (κ3) is 4.56. The summed E-state index contributed by atoms with van der Waals surface area (Å²) in [5.41, 5.74) is 7.20. The number of amides is 2. The Hall–Kier alpha value is -1.88. The Morgan fingerprint density at radius 1 is 1.19 bits per heavy atom. The molecule has 1 rings (SSSR count). The van der Waals surface area contributed by atoms with Crippen LogP contribution in [0.3, 0.4) is 0 Å². The van der Waals surface area contributed by atoms with Crippen molar-refractivity contribution in [2.75, 3.05) is 27.2 Å². The zero-order valence-corrected chi connectivity index (χ0v) is 13.3. The van der Waals surface area contributed by atoms with Gasteiger partial charge in [-0.1, -0.05) is 19.1 Å². The van der Waals surface area contributed by atoms with Crippen molar-refractivity contribution < 1.29 is 9.59 Å². The zero-order chi connectivity index (χ0) is 16.0. The molecule has 0 fully saturated rings. The minimum atomic E-state index is -0.167. The van der Waals surface area contributed by atoms with Crippen LogP contribution in [0.25, 0.3) is 0 Å². The molecule has 5 nitrogen and oxygen atoms in total.